The largest absolute Gasteiger partial charge is 0.326 e. The molecule has 2 aromatic carbocycles. The number of aromatic amines is 1. The van der Waals surface area contributed by atoms with E-state index in [1.165, 1.54) is 22.0 Å². The number of thiazole rings is 1. The molecule has 0 atom stereocenters. The van der Waals surface area contributed by atoms with Gasteiger partial charge in [0, 0.05) is 24.7 Å². The molecule has 0 radical (unpaired) electrons. The first-order chi connectivity index (χ1) is 14.7. The average Bonchev–Trinajstić information content (AvgIpc) is 3.13. The molecule has 1 aliphatic rings. The van der Waals surface area contributed by atoms with Gasteiger partial charge in [0.1, 0.15) is 0 Å². The van der Waals surface area contributed by atoms with Crippen molar-refractivity contribution in [2.75, 3.05) is 18.4 Å². The molecule has 9 heteroatoms. The molecule has 0 bridgehead atoms. The van der Waals surface area contributed by atoms with E-state index >= 15 is 0 Å². The molecular weight excluding hydrogens is 434 g/mol. The van der Waals surface area contributed by atoms with Crippen LogP contribution in [-0.2, 0) is 14.8 Å². The van der Waals surface area contributed by atoms with Gasteiger partial charge < -0.3 is 10.3 Å². The molecule has 1 aromatic heterocycles. The van der Waals surface area contributed by atoms with Gasteiger partial charge in [-0.1, -0.05) is 37.3 Å². The molecule has 31 heavy (non-hydrogen) atoms. The molecule has 0 saturated carbocycles. The second-order valence-corrected chi connectivity index (χ2v) is 11.1. The van der Waals surface area contributed by atoms with Gasteiger partial charge in [0.15, 0.2) is 0 Å². The van der Waals surface area contributed by atoms with Crippen molar-refractivity contribution >= 4 is 43.2 Å². The number of benzene rings is 2. The van der Waals surface area contributed by atoms with Crippen molar-refractivity contribution in [1.29, 1.82) is 0 Å². The van der Waals surface area contributed by atoms with Crippen molar-refractivity contribution in [1.82, 2.24) is 9.29 Å². The number of hydrogen-bond donors (Lipinski definition) is 2. The standard InChI is InChI=1S/C22H25N3O4S2/c1-14(2)15-3-5-17(6-4-15)23-21(26)16-9-11-25(12-10-16)31(28,29)18-7-8-19-20(13-18)30-22(27)24-19/h3-8,13-14,16H,9-12H2,1-2H3,(H,23,26)(H,24,27). The molecule has 4 rings (SSSR count). The van der Waals surface area contributed by atoms with Gasteiger partial charge in [-0.3, -0.25) is 9.59 Å². The van der Waals surface area contributed by atoms with Gasteiger partial charge in [-0.25, -0.2) is 8.42 Å². The Labute approximate surface area is 185 Å². The lowest BCUT2D eigenvalue weighted by atomic mass is 9.97. The Morgan fingerprint density at radius 1 is 1.13 bits per heavy atom. The van der Waals surface area contributed by atoms with E-state index in [0.717, 1.165) is 17.0 Å². The molecule has 3 aromatic rings. The highest BCUT2D eigenvalue weighted by Gasteiger charge is 2.32. The number of piperidine rings is 1. The molecule has 164 valence electrons. The van der Waals surface area contributed by atoms with Gasteiger partial charge in [-0.2, -0.15) is 4.31 Å². The van der Waals surface area contributed by atoms with Crippen LogP contribution < -0.4 is 10.2 Å². The number of carbonyl (C=O) groups excluding carboxylic acids is 1. The van der Waals surface area contributed by atoms with Gasteiger partial charge >= 0.3 is 4.87 Å². The highest BCUT2D eigenvalue weighted by Crippen LogP contribution is 2.27. The number of carbonyl (C=O) groups is 1. The molecule has 0 unspecified atom stereocenters. The Bertz CT molecular complexity index is 1250. The van der Waals surface area contributed by atoms with Crippen LogP contribution in [0.2, 0.25) is 0 Å². The van der Waals surface area contributed by atoms with Crippen LogP contribution in [0.5, 0.6) is 0 Å². The van der Waals surface area contributed by atoms with E-state index in [1.807, 2.05) is 24.3 Å². The van der Waals surface area contributed by atoms with Gasteiger partial charge in [-0.15, -0.1) is 0 Å². The van der Waals surface area contributed by atoms with Crippen LogP contribution >= 0.6 is 11.3 Å². The van der Waals surface area contributed by atoms with Crippen LogP contribution in [0.1, 0.15) is 38.2 Å². The van der Waals surface area contributed by atoms with Crippen molar-refractivity contribution < 1.29 is 13.2 Å². The zero-order chi connectivity index (χ0) is 22.2. The number of rotatable bonds is 5. The first-order valence-corrected chi connectivity index (χ1v) is 12.5. The van der Waals surface area contributed by atoms with Crippen molar-refractivity contribution in [2.45, 2.75) is 37.5 Å². The quantitative estimate of drug-likeness (QED) is 0.607. The SMILES string of the molecule is CC(C)c1ccc(NC(=O)C2CCN(S(=O)(=O)c3ccc4[nH]c(=O)sc4c3)CC2)cc1. The van der Waals surface area contributed by atoms with Gasteiger partial charge in [0.05, 0.1) is 15.1 Å². The van der Waals surface area contributed by atoms with E-state index in [2.05, 4.69) is 24.1 Å². The Morgan fingerprint density at radius 3 is 2.45 bits per heavy atom. The van der Waals surface area contributed by atoms with E-state index < -0.39 is 10.0 Å². The van der Waals surface area contributed by atoms with Crippen molar-refractivity contribution in [3.05, 3.63) is 57.7 Å². The molecule has 1 aliphatic heterocycles. The first kappa shape index (κ1) is 21.7. The Balaban J connectivity index is 1.39. The highest BCUT2D eigenvalue weighted by atomic mass is 32.2. The topological polar surface area (TPSA) is 99.3 Å². The molecular formula is C22H25N3O4S2. The summed E-state index contributed by atoms with van der Waals surface area (Å²) in [7, 11) is -3.67. The summed E-state index contributed by atoms with van der Waals surface area (Å²) in [5.74, 6) is 0.124. The summed E-state index contributed by atoms with van der Waals surface area (Å²) in [6.07, 6.45) is 0.934. The predicted octanol–water partition coefficient (Wildman–Crippen LogP) is 3.75. The fourth-order valence-corrected chi connectivity index (χ4v) is 6.14. The smallest absolute Gasteiger partial charge is 0.305 e. The van der Waals surface area contributed by atoms with Crippen LogP contribution in [0.3, 0.4) is 0 Å². The minimum atomic E-state index is -3.67. The molecule has 2 heterocycles. The maximum absolute atomic E-state index is 13.0. The van der Waals surface area contributed by atoms with Crippen molar-refractivity contribution in [3.8, 4) is 0 Å². The third-order valence-corrected chi connectivity index (χ3v) is 8.44. The zero-order valence-electron chi connectivity index (χ0n) is 17.4. The third-order valence-electron chi connectivity index (χ3n) is 5.70. The lowest BCUT2D eigenvalue weighted by Crippen LogP contribution is -2.41. The maximum atomic E-state index is 13.0. The Kier molecular flexibility index (Phi) is 6.00. The number of amides is 1. The van der Waals surface area contributed by atoms with Crippen LogP contribution in [0.15, 0.2) is 52.2 Å². The van der Waals surface area contributed by atoms with Crippen molar-refractivity contribution in [2.24, 2.45) is 5.92 Å². The lowest BCUT2D eigenvalue weighted by Gasteiger charge is -2.30. The Morgan fingerprint density at radius 2 is 1.81 bits per heavy atom. The molecule has 7 nitrogen and oxygen atoms in total. The average molecular weight is 460 g/mol. The van der Waals surface area contributed by atoms with Crippen LogP contribution in [0.25, 0.3) is 10.2 Å². The van der Waals surface area contributed by atoms with Gasteiger partial charge in [-0.05, 0) is 54.7 Å². The van der Waals surface area contributed by atoms with Crippen LogP contribution in [-0.4, -0.2) is 36.7 Å². The van der Waals surface area contributed by atoms with Crippen molar-refractivity contribution in [3.63, 3.8) is 0 Å². The summed E-state index contributed by atoms with van der Waals surface area (Å²) in [5.41, 5.74) is 2.59. The number of hydrogen-bond acceptors (Lipinski definition) is 5. The summed E-state index contributed by atoms with van der Waals surface area (Å²) < 4.78 is 28.1. The summed E-state index contributed by atoms with van der Waals surface area (Å²) >= 11 is 0.990. The molecule has 1 fully saturated rings. The third kappa shape index (κ3) is 4.58. The fourth-order valence-electron chi connectivity index (χ4n) is 3.79. The van der Waals surface area contributed by atoms with Crippen LogP contribution in [0.4, 0.5) is 5.69 Å². The summed E-state index contributed by atoms with van der Waals surface area (Å²) in [6, 6.07) is 12.5. The summed E-state index contributed by atoms with van der Waals surface area (Å²) in [4.78, 5) is 26.8. The van der Waals surface area contributed by atoms with Gasteiger partial charge in [0.25, 0.3) is 0 Å². The first-order valence-electron chi connectivity index (χ1n) is 10.3. The minimum Gasteiger partial charge on any atom is -0.326 e. The monoisotopic (exact) mass is 459 g/mol. The minimum absolute atomic E-state index is 0.0761. The highest BCUT2D eigenvalue weighted by molar-refractivity contribution is 7.89. The normalized spacial score (nSPS) is 16.1. The number of nitrogens with zero attached hydrogens (tertiary/aromatic N) is 1. The number of sulfonamides is 1. The predicted molar refractivity (Wildman–Crippen MR) is 123 cm³/mol. The Hall–Kier alpha value is -2.49. The number of nitrogens with one attached hydrogen (secondary N) is 2. The van der Waals surface area contributed by atoms with Gasteiger partial charge in [0.2, 0.25) is 15.9 Å². The second-order valence-electron chi connectivity index (χ2n) is 8.12. The lowest BCUT2D eigenvalue weighted by molar-refractivity contribution is -0.120. The second kappa shape index (κ2) is 8.57. The summed E-state index contributed by atoms with van der Waals surface area (Å²) in [6.45, 7) is 4.81. The molecule has 0 aliphatic carbocycles. The molecule has 1 amide bonds. The number of fused-ring (bicyclic) bond motifs is 1. The zero-order valence-corrected chi connectivity index (χ0v) is 19.1. The van der Waals surface area contributed by atoms with E-state index in [4.69, 9.17) is 0 Å². The summed E-state index contributed by atoms with van der Waals surface area (Å²) in [5, 5.41) is 2.95. The number of aromatic nitrogens is 1. The van der Waals surface area contributed by atoms with E-state index in [1.54, 1.807) is 6.07 Å². The van der Waals surface area contributed by atoms with E-state index in [-0.39, 0.29) is 34.7 Å². The fraction of sp³-hybridized carbons (Fsp3) is 0.364. The van der Waals surface area contributed by atoms with Crippen LogP contribution in [0, 0.1) is 5.92 Å². The van der Waals surface area contributed by atoms with E-state index in [9.17, 15) is 18.0 Å². The number of anilines is 1. The molecule has 1 saturated heterocycles. The molecule has 2 N–H and O–H groups in total. The number of H-pyrrole nitrogens is 1. The molecule has 0 spiro atoms. The maximum Gasteiger partial charge on any atom is 0.305 e. The van der Waals surface area contributed by atoms with E-state index in [0.29, 0.717) is 29.0 Å².